The fraction of sp³-hybridized carbons (Fsp3) is 0.692. The van der Waals surface area contributed by atoms with Crippen LogP contribution >= 0.6 is 0 Å². The number of nitrogens with one attached hydrogen (secondary N) is 2. The van der Waals surface area contributed by atoms with Gasteiger partial charge in [-0.2, -0.15) is 0 Å². The van der Waals surface area contributed by atoms with Crippen LogP contribution in [0.5, 0.6) is 0 Å². The zero-order chi connectivity index (χ0) is 16.4. The summed E-state index contributed by atoms with van der Waals surface area (Å²) in [5.74, 6) is -1.94. The van der Waals surface area contributed by atoms with Crippen molar-refractivity contribution < 1.29 is 24.3 Å². The van der Waals surface area contributed by atoms with Crippen LogP contribution in [0.1, 0.15) is 27.2 Å². The van der Waals surface area contributed by atoms with Gasteiger partial charge >= 0.3 is 5.97 Å². The molecule has 0 spiro atoms. The molecule has 3 amide bonds. The molecule has 21 heavy (non-hydrogen) atoms. The Hall–Kier alpha value is -2.12. The van der Waals surface area contributed by atoms with Crippen molar-refractivity contribution in [2.24, 2.45) is 5.92 Å². The van der Waals surface area contributed by atoms with Gasteiger partial charge in [0, 0.05) is 20.0 Å². The second-order valence-corrected chi connectivity index (χ2v) is 5.06. The van der Waals surface area contributed by atoms with Crippen LogP contribution in [-0.4, -0.2) is 59.9 Å². The standard InChI is InChI=1S/C13H23N3O5/c1-9(2)8-16(5-4-13(20)21)12(19)7-15-11(18)6-14-10(3)17/h9H,4-8H2,1-3H3,(H,14,17)(H,15,18)(H,20,21). The topological polar surface area (TPSA) is 116 Å². The second kappa shape index (κ2) is 9.73. The maximum atomic E-state index is 12.0. The number of aliphatic carboxylic acids is 1. The number of carbonyl (C=O) groups is 4. The van der Waals surface area contributed by atoms with Crippen LogP contribution in [0.25, 0.3) is 0 Å². The molecule has 0 fully saturated rings. The van der Waals surface area contributed by atoms with Crippen molar-refractivity contribution in [2.75, 3.05) is 26.2 Å². The zero-order valence-corrected chi connectivity index (χ0v) is 12.6. The van der Waals surface area contributed by atoms with Crippen LogP contribution in [0.2, 0.25) is 0 Å². The van der Waals surface area contributed by atoms with Crippen molar-refractivity contribution in [2.45, 2.75) is 27.2 Å². The Morgan fingerprint density at radius 2 is 1.71 bits per heavy atom. The Morgan fingerprint density at radius 1 is 1.10 bits per heavy atom. The number of carbonyl (C=O) groups excluding carboxylic acids is 3. The van der Waals surface area contributed by atoms with E-state index in [1.165, 1.54) is 11.8 Å². The summed E-state index contributed by atoms with van der Waals surface area (Å²) < 4.78 is 0. The van der Waals surface area contributed by atoms with E-state index in [-0.39, 0.29) is 43.8 Å². The maximum Gasteiger partial charge on any atom is 0.305 e. The molecule has 0 saturated heterocycles. The molecule has 120 valence electrons. The van der Waals surface area contributed by atoms with Crippen LogP contribution < -0.4 is 10.6 Å². The Kier molecular flexibility index (Phi) is 8.75. The summed E-state index contributed by atoms with van der Waals surface area (Å²) in [6.45, 7) is 5.23. The van der Waals surface area contributed by atoms with Gasteiger partial charge in [0.2, 0.25) is 17.7 Å². The lowest BCUT2D eigenvalue weighted by molar-refractivity contribution is -0.139. The number of carboxylic acids is 1. The summed E-state index contributed by atoms with van der Waals surface area (Å²) in [6.07, 6.45) is -0.141. The molecule has 0 aromatic rings. The molecular formula is C13H23N3O5. The van der Waals surface area contributed by atoms with Crippen molar-refractivity contribution in [3.8, 4) is 0 Å². The first-order chi connectivity index (χ1) is 9.72. The lowest BCUT2D eigenvalue weighted by Crippen LogP contribution is -2.44. The third-order valence-electron chi connectivity index (χ3n) is 2.47. The fourth-order valence-electron chi connectivity index (χ4n) is 1.54. The summed E-state index contributed by atoms with van der Waals surface area (Å²) in [6, 6.07) is 0. The van der Waals surface area contributed by atoms with Gasteiger partial charge in [-0.1, -0.05) is 13.8 Å². The van der Waals surface area contributed by atoms with Gasteiger partial charge in [0.05, 0.1) is 19.5 Å². The number of amides is 3. The van der Waals surface area contributed by atoms with Crippen LogP contribution in [-0.2, 0) is 19.2 Å². The minimum absolute atomic E-state index is 0.105. The van der Waals surface area contributed by atoms with Crippen molar-refractivity contribution >= 4 is 23.7 Å². The quantitative estimate of drug-likeness (QED) is 0.515. The molecule has 0 rings (SSSR count). The molecule has 3 N–H and O–H groups in total. The lowest BCUT2D eigenvalue weighted by atomic mass is 10.2. The third-order valence-corrected chi connectivity index (χ3v) is 2.47. The van der Waals surface area contributed by atoms with Crippen LogP contribution in [0, 0.1) is 5.92 Å². The molecule has 0 aromatic carbocycles. The van der Waals surface area contributed by atoms with E-state index in [1.54, 1.807) is 0 Å². The van der Waals surface area contributed by atoms with E-state index in [1.807, 2.05) is 13.8 Å². The van der Waals surface area contributed by atoms with Gasteiger partial charge in [-0.3, -0.25) is 19.2 Å². The SMILES string of the molecule is CC(=O)NCC(=O)NCC(=O)N(CCC(=O)O)CC(C)C. The van der Waals surface area contributed by atoms with Crippen LogP contribution in [0.15, 0.2) is 0 Å². The fourth-order valence-corrected chi connectivity index (χ4v) is 1.54. The summed E-state index contributed by atoms with van der Waals surface area (Å²) in [7, 11) is 0. The lowest BCUT2D eigenvalue weighted by Gasteiger charge is -2.24. The van der Waals surface area contributed by atoms with Crippen molar-refractivity contribution in [3.05, 3.63) is 0 Å². The summed E-state index contributed by atoms with van der Waals surface area (Å²) in [5.41, 5.74) is 0. The van der Waals surface area contributed by atoms with E-state index in [9.17, 15) is 19.2 Å². The molecule has 0 aromatic heterocycles. The highest BCUT2D eigenvalue weighted by Crippen LogP contribution is 2.00. The second-order valence-electron chi connectivity index (χ2n) is 5.06. The Balaban J connectivity index is 4.29. The Bertz CT molecular complexity index is 395. The predicted octanol–water partition coefficient (Wildman–Crippen LogP) is -0.802. The highest BCUT2D eigenvalue weighted by molar-refractivity contribution is 5.87. The van der Waals surface area contributed by atoms with Gasteiger partial charge in [-0.15, -0.1) is 0 Å². The summed E-state index contributed by atoms with van der Waals surface area (Å²) in [5, 5.41) is 13.4. The molecule has 0 heterocycles. The summed E-state index contributed by atoms with van der Waals surface area (Å²) in [4.78, 5) is 46.0. The monoisotopic (exact) mass is 301 g/mol. The van der Waals surface area contributed by atoms with Gasteiger partial charge < -0.3 is 20.6 Å². The number of carboxylic acid groups (broad SMARTS) is 1. The normalized spacial score (nSPS) is 10.1. The first kappa shape index (κ1) is 18.9. The van der Waals surface area contributed by atoms with Crippen molar-refractivity contribution in [1.82, 2.24) is 15.5 Å². The number of hydrogen-bond acceptors (Lipinski definition) is 4. The van der Waals surface area contributed by atoms with Gasteiger partial charge in [0.25, 0.3) is 0 Å². The first-order valence-corrected chi connectivity index (χ1v) is 6.73. The Morgan fingerprint density at radius 3 is 2.19 bits per heavy atom. The molecule has 0 aliphatic carbocycles. The third kappa shape index (κ3) is 10.3. The van der Waals surface area contributed by atoms with E-state index in [4.69, 9.17) is 5.11 Å². The van der Waals surface area contributed by atoms with Gasteiger partial charge in [0.15, 0.2) is 0 Å². The van der Waals surface area contributed by atoms with E-state index >= 15 is 0 Å². The predicted molar refractivity (Wildman–Crippen MR) is 75.4 cm³/mol. The van der Waals surface area contributed by atoms with Crippen molar-refractivity contribution in [3.63, 3.8) is 0 Å². The minimum atomic E-state index is -0.980. The van der Waals surface area contributed by atoms with Gasteiger partial charge in [-0.25, -0.2) is 0 Å². The molecule has 0 radical (unpaired) electrons. The van der Waals surface area contributed by atoms with Crippen molar-refractivity contribution in [1.29, 1.82) is 0 Å². The summed E-state index contributed by atoms with van der Waals surface area (Å²) >= 11 is 0. The maximum absolute atomic E-state index is 12.0. The van der Waals surface area contributed by atoms with E-state index < -0.39 is 11.9 Å². The first-order valence-electron chi connectivity index (χ1n) is 6.73. The molecule has 0 aliphatic heterocycles. The number of hydrogen-bond donors (Lipinski definition) is 3. The molecule has 0 atom stereocenters. The molecule has 0 bridgehead atoms. The van der Waals surface area contributed by atoms with Gasteiger partial charge in [0.1, 0.15) is 0 Å². The number of nitrogens with zero attached hydrogens (tertiary/aromatic N) is 1. The average molecular weight is 301 g/mol. The largest absolute Gasteiger partial charge is 0.481 e. The highest BCUT2D eigenvalue weighted by atomic mass is 16.4. The molecule has 8 heteroatoms. The molecule has 0 unspecified atom stereocenters. The van der Waals surface area contributed by atoms with E-state index in [0.29, 0.717) is 6.54 Å². The molecule has 0 aliphatic rings. The minimum Gasteiger partial charge on any atom is -0.481 e. The zero-order valence-electron chi connectivity index (χ0n) is 12.6. The van der Waals surface area contributed by atoms with Crippen LogP contribution in [0.3, 0.4) is 0 Å². The highest BCUT2D eigenvalue weighted by Gasteiger charge is 2.16. The van der Waals surface area contributed by atoms with E-state index in [2.05, 4.69) is 10.6 Å². The van der Waals surface area contributed by atoms with E-state index in [0.717, 1.165) is 0 Å². The molecular weight excluding hydrogens is 278 g/mol. The van der Waals surface area contributed by atoms with Crippen LogP contribution in [0.4, 0.5) is 0 Å². The smallest absolute Gasteiger partial charge is 0.305 e. The molecule has 8 nitrogen and oxygen atoms in total. The molecule has 0 saturated carbocycles. The number of rotatable bonds is 9. The Labute approximate surface area is 123 Å². The van der Waals surface area contributed by atoms with Gasteiger partial charge in [-0.05, 0) is 5.92 Å². The average Bonchev–Trinajstić information content (AvgIpc) is 2.37.